The van der Waals surface area contributed by atoms with Crippen molar-refractivity contribution in [2.24, 2.45) is 0 Å². The molecule has 0 aromatic rings. The van der Waals surface area contributed by atoms with E-state index < -0.39 is 22.8 Å². The van der Waals surface area contributed by atoms with Crippen LogP contribution in [0.15, 0.2) is 0 Å². The maximum atomic E-state index is 11.7. The summed E-state index contributed by atoms with van der Waals surface area (Å²) in [7, 11) is 0. The third kappa shape index (κ3) is 8.72. The summed E-state index contributed by atoms with van der Waals surface area (Å²) in [5.41, 5.74) is -0.571. The number of ether oxygens (including phenoxy) is 1. The average molecular weight is 261 g/mol. The summed E-state index contributed by atoms with van der Waals surface area (Å²) in [6, 6.07) is 0. The fourth-order valence-corrected chi connectivity index (χ4v) is 1.25. The van der Waals surface area contributed by atoms with Crippen LogP contribution >= 0.6 is 0 Å². The van der Waals surface area contributed by atoms with Gasteiger partial charge in [-0.2, -0.15) is 0 Å². The van der Waals surface area contributed by atoms with Crippen molar-refractivity contribution in [2.75, 3.05) is 26.0 Å². The van der Waals surface area contributed by atoms with Crippen LogP contribution in [-0.4, -0.2) is 46.8 Å². The molecule has 0 aromatic heterocycles. The minimum atomic E-state index is -1.35. The molecule has 0 saturated carbocycles. The van der Waals surface area contributed by atoms with E-state index in [1.54, 1.807) is 20.8 Å². The molecule has 0 aromatic carbocycles. The Morgan fingerprint density at radius 2 is 2.06 bits per heavy atom. The van der Waals surface area contributed by atoms with Crippen molar-refractivity contribution in [2.45, 2.75) is 26.4 Å². The smallest absolute Gasteiger partial charge is 0.411 e. The predicted molar refractivity (Wildman–Crippen MR) is 66.7 cm³/mol. The molecule has 1 atom stereocenters. The predicted octanol–water partition coefficient (Wildman–Crippen LogP) is 1.17. The molecule has 0 saturated heterocycles. The van der Waals surface area contributed by atoms with Gasteiger partial charge in [0.2, 0.25) is 0 Å². The molecule has 0 spiro atoms. The van der Waals surface area contributed by atoms with Crippen molar-refractivity contribution in [3.8, 4) is 12.3 Å². The van der Waals surface area contributed by atoms with E-state index in [-0.39, 0.29) is 19.7 Å². The van der Waals surface area contributed by atoms with E-state index >= 15 is 0 Å². The first-order valence-corrected chi connectivity index (χ1v) is 6.62. The first-order valence-electron chi connectivity index (χ1n) is 5.14. The second kappa shape index (κ2) is 7.30. The van der Waals surface area contributed by atoms with Crippen molar-refractivity contribution in [3.63, 3.8) is 0 Å². The summed E-state index contributed by atoms with van der Waals surface area (Å²) in [4.78, 5) is 13.0. The van der Waals surface area contributed by atoms with Gasteiger partial charge in [0.15, 0.2) is 11.1 Å². The Morgan fingerprint density at radius 3 is 2.47 bits per heavy atom. The molecule has 0 radical (unpaired) electrons. The van der Waals surface area contributed by atoms with Gasteiger partial charge in [0.05, 0.1) is 13.2 Å². The number of carbonyl (C=O) groups is 1. The van der Waals surface area contributed by atoms with Gasteiger partial charge in [0, 0.05) is 12.8 Å². The average Bonchev–Trinajstić information content (AvgIpc) is 2.13. The van der Waals surface area contributed by atoms with Gasteiger partial charge >= 0.3 is 6.09 Å². The fraction of sp³-hybridized carbons (Fsp3) is 0.727. The highest BCUT2D eigenvalue weighted by Crippen LogP contribution is 2.09. The summed E-state index contributed by atoms with van der Waals surface area (Å²) in [5.74, 6) is 2.37. The zero-order valence-electron chi connectivity index (χ0n) is 10.7. The number of hydrogen-bond donors (Lipinski definition) is 0. The maximum Gasteiger partial charge on any atom is 0.411 e. The zero-order valence-corrected chi connectivity index (χ0v) is 11.5. The topological polar surface area (TPSA) is 55.8 Å². The third-order valence-corrected chi connectivity index (χ3v) is 2.04. The standard InChI is InChI=1S/C11H19NO4S/c1-6-7-12(8-9-15-17(5)14)10(13)16-11(2,3)4/h1H,7-9H2,2-5H3. The normalized spacial score (nSPS) is 12.6. The van der Waals surface area contributed by atoms with Gasteiger partial charge in [-0.05, 0) is 20.8 Å². The second-order valence-corrected chi connectivity index (χ2v) is 5.37. The molecule has 0 fully saturated rings. The molecule has 0 N–H and O–H groups in total. The van der Waals surface area contributed by atoms with Crippen LogP contribution in [0.2, 0.25) is 0 Å². The fourth-order valence-electron chi connectivity index (χ4n) is 0.936. The van der Waals surface area contributed by atoms with E-state index in [0.717, 1.165) is 0 Å². The molecule has 0 bridgehead atoms. The minimum absolute atomic E-state index is 0.134. The Hall–Kier alpha value is -1.06. The molecule has 1 amide bonds. The number of rotatable bonds is 5. The maximum absolute atomic E-state index is 11.7. The molecule has 0 aliphatic heterocycles. The van der Waals surface area contributed by atoms with Crippen LogP contribution in [0, 0.1) is 12.3 Å². The Labute approximate surface area is 105 Å². The molecule has 1 unspecified atom stereocenters. The van der Waals surface area contributed by atoms with Crippen LogP contribution in [0.4, 0.5) is 4.79 Å². The Bertz CT molecular complexity index is 316. The lowest BCUT2D eigenvalue weighted by Gasteiger charge is -2.25. The van der Waals surface area contributed by atoms with Crippen LogP contribution in [0.25, 0.3) is 0 Å². The molecule has 5 nitrogen and oxygen atoms in total. The van der Waals surface area contributed by atoms with E-state index in [9.17, 15) is 9.00 Å². The van der Waals surface area contributed by atoms with Crippen molar-refractivity contribution in [1.82, 2.24) is 4.90 Å². The number of hydrogen-bond acceptors (Lipinski definition) is 4. The van der Waals surface area contributed by atoms with Gasteiger partial charge < -0.3 is 4.74 Å². The summed E-state index contributed by atoms with van der Waals surface area (Å²) in [6.45, 7) is 5.86. The van der Waals surface area contributed by atoms with E-state index in [1.165, 1.54) is 11.2 Å². The molecule has 0 aliphatic carbocycles. The Morgan fingerprint density at radius 1 is 1.47 bits per heavy atom. The van der Waals surface area contributed by atoms with Crippen molar-refractivity contribution in [1.29, 1.82) is 0 Å². The van der Waals surface area contributed by atoms with Crippen LogP contribution < -0.4 is 0 Å². The molecular formula is C11H19NO4S. The van der Waals surface area contributed by atoms with Gasteiger partial charge in [-0.1, -0.05) is 5.92 Å². The van der Waals surface area contributed by atoms with Crippen molar-refractivity contribution >= 4 is 17.2 Å². The van der Waals surface area contributed by atoms with Crippen LogP contribution in [-0.2, 0) is 20.0 Å². The lowest BCUT2D eigenvalue weighted by Crippen LogP contribution is -2.39. The minimum Gasteiger partial charge on any atom is -0.444 e. The van der Waals surface area contributed by atoms with E-state index in [1.807, 2.05) is 0 Å². The number of terminal acetylenes is 1. The van der Waals surface area contributed by atoms with Crippen molar-refractivity contribution < 1.29 is 17.9 Å². The van der Waals surface area contributed by atoms with Crippen molar-refractivity contribution in [3.05, 3.63) is 0 Å². The number of nitrogens with zero attached hydrogens (tertiary/aromatic N) is 1. The summed E-state index contributed by atoms with van der Waals surface area (Å²) < 4.78 is 20.7. The van der Waals surface area contributed by atoms with Gasteiger partial charge in [0.1, 0.15) is 5.60 Å². The first kappa shape index (κ1) is 15.9. The zero-order chi connectivity index (χ0) is 13.5. The van der Waals surface area contributed by atoms with Gasteiger partial charge in [-0.25, -0.2) is 9.00 Å². The molecule has 0 heterocycles. The second-order valence-electron chi connectivity index (χ2n) is 4.33. The van der Waals surface area contributed by atoms with E-state index in [4.69, 9.17) is 15.3 Å². The van der Waals surface area contributed by atoms with E-state index in [0.29, 0.717) is 0 Å². The molecule has 0 rings (SSSR count). The molecule has 0 aliphatic rings. The first-order chi connectivity index (χ1) is 7.76. The monoisotopic (exact) mass is 261 g/mol. The molecule has 17 heavy (non-hydrogen) atoms. The Balaban J connectivity index is 4.27. The summed E-state index contributed by atoms with van der Waals surface area (Å²) in [6.07, 6.45) is 6.08. The molecular weight excluding hydrogens is 242 g/mol. The summed E-state index contributed by atoms with van der Waals surface area (Å²) in [5, 5.41) is 0. The SMILES string of the molecule is C#CCN(CCOS(C)=O)C(=O)OC(C)(C)C. The van der Waals surface area contributed by atoms with Crippen LogP contribution in [0.1, 0.15) is 20.8 Å². The number of amides is 1. The van der Waals surface area contributed by atoms with Gasteiger partial charge in [-0.15, -0.1) is 6.42 Å². The highest BCUT2D eigenvalue weighted by molar-refractivity contribution is 7.79. The lowest BCUT2D eigenvalue weighted by atomic mass is 10.2. The highest BCUT2D eigenvalue weighted by atomic mass is 32.2. The quantitative estimate of drug-likeness (QED) is 0.697. The van der Waals surface area contributed by atoms with Gasteiger partial charge in [0.25, 0.3) is 0 Å². The van der Waals surface area contributed by atoms with Crippen LogP contribution in [0.5, 0.6) is 0 Å². The third-order valence-electron chi connectivity index (χ3n) is 1.54. The highest BCUT2D eigenvalue weighted by Gasteiger charge is 2.21. The Kier molecular flexibility index (Phi) is 6.85. The largest absolute Gasteiger partial charge is 0.444 e. The lowest BCUT2D eigenvalue weighted by molar-refractivity contribution is 0.0256. The van der Waals surface area contributed by atoms with Gasteiger partial charge in [-0.3, -0.25) is 9.08 Å². The van der Waals surface area contributed by atoms with E-state index in [2.05, 4.69) is 5.92 Å². The van der Waals surface area contributed by atoms with Crippen LogP contribution in [0.3, 0.4) is 0 Å². The number of carbonyl (C=O) groups excluding carboxylic acids is 1. The molecule has 98 valence electrons. The summed E-state index contributed by atoms with van der Waals surface area (Å²) >= 11 is -1.35. The molecule has 6 heteroatoms.